The zero-order chi connectivity index (χ0) is 17.3. The van der Waals surface area contributed by atoms with Crippen LogP contribution in [0.25, 0.3) is 0 Å². The number of nitro benzene ring substituents is 1. The van der Waals surface area contributed by atoms with Crippen LogP contribution in [0.2, 0.25) is 0 Å². The van der Waals surface area contributed by atoms with Crippen LogP contribution in [0.1, 0.15) is 38.7 Å². The second-order valence-electron chi connectivity index (χ2n) is 7.31. The van der Waals surface area contributed by atoms with Gasteiger partial charge in [0.05, 0.1) is 10.6 Å². The number of benzene rings is 1. The van der Waals surface area contributed by atoms with E-state index in [1.165, 1.54) is 19.3 Å². The van der Waals surface area contributed by atoms with Gasteiger partial charge in [0.1, 0.15) is 0 Å². The topological polar surface area (TPSA) is 58.7 Å². The monoisotopic (exact) mass is 347 g/mol. The maximum atomic E-state index is 10.9. The van der Waals surface area contributed by atoms with Gasteiger partial charge in [-0.1, -0.05) is 25.6 Å². The van der Waals surface area contributed by atoms with Crippen molar-refractivity contribution in [3.05, 3.63) is 33.9 Å². The van der Waals surface area contributed by atoms with Gasteiger partial charge in [0.2, 0.25) is 0 Å². The third-order valence-electron chi connectivity index (χ3n) is 4.59. The minimum atomic E-state index is -0.355. The zero-order valence-corrected chi connectivity index (χ0v) is 15.4. The summed E-state index contributed by atoms with van der Waals surface area (Å²) >= 11 is 1.83. The highest BCUT2D eigenvalue weighted by molar-refractivity contribution is 8.14. The van der Waals surface area contributed by atoms with E-state index >= 15 is 0 Å². The highest BCUT2D eigenvalue weighted by atomic mass is 32.2. The normalized spacial score (nSPS) is 22.6. The minimum absolute atomic E-state index is 0.128. The fourth-order valence-corrected chi connectivity index (χ4v) is 4.33. The van der Waals surface area contributed by atoms with E-state index in [2.05, 4.69) is 18.7 Å². The summed E-state index contributed by atoms with van der Waals surface area (Å²) in [7, 11) is 0. The van der Waals surface area contributed by atoms with Crippen LogP contribution in [0.5, 0.6) is 0 Å². The molecule has 0 N–H and O–H groups in total. The van der Waals surface area contributed by atoms with E-state index in [-0.39, 0.29) is 10.6 Å². The van der Waals surface area contributed by atoms with Gasteiger partial charge in [-0.2, -0.15) is 0 Å². The van der Waals surface area contributed by atoms with Crippen LogP contribution in [0.15, 0.2) is 23.2 Å². The lowest BCUT2D eigenvalue weighted by Gasteiger charge is -2.27. The first kappa shape index (κ1) is 17.3. The van der Waals surface area contributed by atoms with Gasteiger partial charge in [-0.3, -0.25) is 10.1 Å². The Morgan fingerprint density at radius 1 is 1.42 bits per heavy atom. The number of amidine groups is 1. The van der Waals surface area contributed by atoms with Gasteiger partial charge in [0.25, 0.3) is 5.69 Å². The number of rotatable bonds is 6. The molecule has 1 saturated carbocycles. The average Bonchev–Trinajstić information content (AvgIpc) is 3.26. The standard InChI is InChI=1S/C18H25N3O2S/c1-12(2)8-16-11-24-18(20(16)10-14-4-5-14)19-17-7-6-15(21(22)23)9-13(17)3/h6-7,9,12,14,16H,4-5,8,10-11H2,1-3H3/b19-18-. The summed E-state index contributed by atoms with van der Waals surface area (Å²) in [5.74, 6) is 2.59. The second kappa shape index (κ2) is 7.13. The molecule has 1 heterocycles. The maximum absolute atomic E-state index is 10.9. The second-order valence-corrected chi connectivity index (χ2v) is 8.30. The van der Waals surface area contributed by atoms with Crippen molar-refractivity contribution in [1.82, 2.24) is 4.90 Å². The average molecular weight is 347 g/mol. The third kappa shape index (κ3) is 4.09. The van der Waals surface area contributed by atoms with Crippen molar-refractivity contribution in [3.63, 3.8) is 0 Å². The molecular formula is C18H25N3O2S. The van der Waals surface area contributed by atoms with Gasteiger partial charge in [-0.05, 0) is 49.7 Å². The van der Waals surface area contributed by atoms with E-state index in [4.69, 9.17) is 4.99 Å². The van der Waals surface area contributed by atoms with Crippen LogP contribution in [-0.4, -0.2) is 33.3 Å². The van der Waals surface area contributed by atoms with E-state index in [0.717, 1.165) is 34.6 Å². The highest BCUT2D eigenvalue weighted by Crippen LogP contribution is 2.37. The van der Waals surface area contributed by atoms with Gasteiger partial charge in [0.15, 0.2) is 5.17 Å². The number of thioether (sulfide) groups is 1. The molecule has 1 aliphatic carbocycles. The quantitative estimate of drug-likeness (QED) is 0.550. The van der Waals surface area contributed by atoms with Gasteiger partial charge in [-0.25, -0.2) is 4.99 Å². The molecule has 0 radical (unpaired) electrons. The highest BCUT2D eigenvalue weighted by Gasteiger charge is 2.35. The summed E-state index contributed by atoms with van der Waals surface area (Å²) in [4.78, 5) is 17.9. The van der Waals surface area contributed by atoms with Gasteiger partial charge in [-0.15, -0.1) is 0 Å². The van der Waals surface area contributed by atoms with Crippen LogP contribution in [0.4, 0.5) is 11.4 Å². The molecule has 2 aliphatic rings. The van der Waals surface area contributed by atoms with Crippen molar-refractivity contribution >= 4 is 28.3 Å². The summed E-state index contributed by atoms with van der Waals surface area (Å²) in [6.07, 6.45) is 3.86. The fraction of sp³-hybridized carbons (Fsp3) is 0.611. The molecule has 6 heteroatoms. The molecule has 2 fully saturated rings. The molecule has 1 atom stereocenters. The van der Waals surface area contributed by atoms with Gasteiger partial charge in [0, 0.05) is 30.5 Å². The fourth-order valence-electron chi connectivity index (χ4n) is 3.12. The van der Waals surface area contributed by atoms with Crippen molar-refractivity contribution in [2.45, 2.75) is 46.1 Å². The molecule has 1 aromatic carbocycles. The predicted molar refractivity (Wildman–Crippen MR) is 100 cm³/mol. The minimum Gasteiger partial charge on any atom is -0.347 e. The zero-order valence-electron chi connectivity index (χ0n) is 14.6. The van der Waals surface area contributed by atoms with E-state index in [1.54, 1.807) is 18.2 Å². The number of nitrogens with zero attached hydrogens (tertiary/aromatic N) is 3. The molecular weight excluding hydrogens is 322 g/mol. The predicted octanol–water partition coefficient (Wildman–Crippen LogP) is 4.76. The number of hydrogen-bond acceptors (Lipinski definition) is 4. The Hall–Kier alpha value is -1.56. The molecule has 0 bridgehead atoms. The Morgan fingerprint density at radius 3 is 2.75 bits per heavy atom. The molecule has 24 heavy (non-hydrogen) atoms. The summed E-state index contributed by atoms with van der Waals surface area (Å²) in [6.45, 7) is 7.54. The lowest BCUT2D eigenvalue weighted by molar-refractivity contribution is -0.384. The Kier molecular flexibility index (Phi) is 5.13. The van der Waals surface area contributed by atoms with Crippen molar-refractivity contribution in [1.29, 1.82) is 0 Å². The molecule has 1 aliphatic heterocycles. The Labute approximate surface area is 147 Å². The van der Waals surface area contributed by atoms with E-state index in [9.17, 15) is 10.1 Å². The Balaban J connectivity index is 1.83. The van der Waals surface area contributed by atoms with Gasteiger partial charge < -0.3 is 4.90 Å². The maximum Gasteiger partial charge on any atom is 0.269 e. The lowest BCUT2D eigenvalue weighted by atomic mass is 10.0. The lowest BCUT2D eigenvalue weighted by Crippen LogP contribution is -2.36. The van der Waals surface area contributed by atoms with E-state index in [0.29, 0.717) is 12.0 Å². The molecule has 1 aromatic rings. The van der Waals surface area contributed by atoms with E-state index in [1.807, 2.05) is 18.7 Å². The number of nitro groups is 1. The summed E-state index contributed by atoms with van der Waals surface area (Å²) < 4.78 is 0. The smallest absolute Gasteiger partial charge is 0.269 e. The van der Waals surface area contributed by atoms with Crippen LogP contribution in [0, 0.1) is 28.9 Å². The summed E-state index contributed by atoms with van der Waals surface area (Å²) in [6, 6.07) is 5.48. The summed E-state index contributed by atoms with van der Waals surface area (Å²) in [5, 5.41) is 12.0. The number of aliphatic imine (C=N–C) groups is 1. The third-order valence-corrected chi connectivity index (χ3v) is 5.73. The van der Waals surface area contributed by atoms with Crippen molar-refractivity contribution in [3.8, 4) is 0 Å². The number of non-ortho nitro benzene ring substituents is 1. The first-order chi connectivity index (χ1) is 11.4. The van der Waals surface area contributed by atoms with Crippen molar-refractivity contribution in [2.24, 2.45) is 16.8 Å². The Morgan fingerprint density at radius 2 is 2.17 bits per heavy atom. The molecule has 5 nitrogen and oxygen atoms in total. The molecule has 1 unspecified atom stereocenters. The molecule has 0 aromatic heterocycles. The van der Waals surface area contributed by atoms with E-state index < -0.39 is 0 Å². The Bertz CT molecular complexity index is 656. The van der Waals surface area contributed by atoms with Gasteiger partial charge >= 0.3 is 0 Å². The molecule has 130 valence electrons. The molecule has 0 spiro atoms. The number of hydrogen-bond donors (Lipinski definition) is 0. The molecule has 0 amide bonds. The van der Waals surface area contributed by atoms with Crippen LogP contribution in [0.3, 0.4) is 0 Å². The van der Waals surface area contributed by atoms with Crippen LogP contribution >= 0.6 is 11.8 Å². The first-order valence-electron chi connectivity index (χ1n) is 8.67. The SMILES string of the molecule is Cc1cc([N+](=O)[O-])ccc1/N=C1\SCC(CC(C)C)N1CC1CC1. The molecule has 3 rings (SSSR count). The van der Waals surface area contributed by atoms with Crippen LogP contribution < -0.4 is 0 Å². The van der Waals surface area contributed by atoms with Crippen molar-refractivity contribution < 1.29 is 4.92 Å². The van der Waals surface area contributed by atoms with Crippen LogP contribution in [-0.2, 0) is 0 Å². The molecule has 1 saturated heterocycles. The first-order valence-corrected chi connectivity index (χ1v) is 9.65. The summed E-state index contributed by atoms with van der Waals surface area (Å²) in [5.41, 5.74) is 1.83. The largest absolute Gasteiger partial charge is 0.347 e. The number of aryl methyl sites for hydroxylation is 1. The van der Waals surface area contributed by atoms with Crippen molar-refractivity contribution in [2.75, 3.05) is 12.3 Å².